The standard InChI is InChI=1S/C19H17F3N4O/c1-12-3-2-4-14(9-12)15(27)11-24-17-10-16(19(20,21)22)25-18(26-17)13-5-7-23-8-6-13/h2-10,15,27H,11H2,1H3,(H,24,25,26). The summed E-state index contributed by atoms with van der Waals surface area (Å²) in [6.07, 6.45) is -2.60. The fraction of sp³-hybridized carbons (Fsp3) is 0.211. The van der Waals surface area contributed by atoms with Crippen molar-refractivity contribution >= 4 is 5.82 Å². The maximum absolute atomic E-state index is 13.2. The quantitative estimate of drug-likeness (QED) is 0.706. The number of hydrogen-bond donors (Lipinski definition) is 2. The second-order valence-corrected chi connectivity index (χ2v) is 6.01. The molecule has 1 aromatic carbocycles. The van der Waals surface area contributed by atoms with Crippen LogP contribution in [-0.4, -0.2) is 26.6 Å². The van der Waals surface area contributed by atoms with Crippen LogP contribution in [0.25, 0.3) is 11.4 Å². The number of aryl methyl sites for hydroxylation is 1. The van der Waals surface area contributed by atoms with Gasteiger partial charge in [-0.05, 0) is 24.6 Å². The Balaban J connectivity index is 1.86. The van der Waals surface area contributed by atoms with Crippen molar-refractivity contribution in [3.63, 3.8) is 0 Å². The van der Waals surface area contributed by atoms with Gasteiger partial charge in [-0.15, -0.1) is 0 Å². The third-order valence-electron chi connectivity index (χ3n) is 3.86. The highest BCUT2D eigenvalue weighted by atomic mass is 19.4. The number of nitrogens with zero attached hydrogens (tertiary/aromatic N) is 3. The second-order valence-electron chi connectivity index (χ2n) is 6.01. The summed E-state index contributed by atoms with van der Waals surface area (Å²) in [6, 6.07) is 11.2. The average molecular weight is 374 g/mol. The highest BCUT2D eigenvalue weighted by Gasteiger charge is 2.33. The van der Waals surface area contributed by atoms with Crippen molar-refractivity contribution < 1.29 is 18.3 Å². The lowest BCUT2D eigenvalue weighted by Gasteiger charge is -2.15. The molecule has 0 aliphatic heterocycles. The van der Waals surface area contributed by atoms with Gasteiger partial charge in [0.15, 0.2) is 11.5 Å². The van der Waals surface area contributed by atoms with Gasteiger partial charge >= 0.3 is 6.18 Å². The lowest BCUT2D eigenvalue weighted by atomic mass is 10.1. The molecule has 0 saturated heterocycles. The Morgan fingerprint density at radius 3 is 2.48 bits per heavy atom. The Hall–Kier alpha value is -3.00. The Morgan fingerprint density at radius 1 is 1.07 bits per heavy atom. The molecular weight excluding hydrogens is 357 g/mol. The van der Waals surface area contributed by atoms with Gasteiger partial charge in [0.25, 0.3) is 0 Å². The number of anilines is 1. The van der Waals surface area contributed by atoms with E-state index in [0.717, 1.165) is 11.6 Å². The topological polar surface area (TPSA) is 70.9 Å². The zero-order valence-corrected chi connectivity index (χ0v) is 14.4. The van der Waals surface area contributed by atoms with Crippen molar-refractivity contribution in [3.8, 4) is 11.4 Å². The highest BCUT2D eigenvalue weighted by Crippen LogP contribution is 2.30. The van der Waals surface area contributed by atoms with E-state index in [4.69, 9.17) is 0 Å². The van der Waals surface area contributed by atoms with E-state index in [1.807, 2.05) is 25.1 Å². The van der Waals surface area contributed by atoms with E-state index in [1.165, 1.54) is 24.5 Å². The fourth-order valence-corrected chi connectivity index (χ4v) is 2.51. The van der Waals surface area contributed by atoms with Crippen LogP contribution >= 0.6 is 0 Å². The smallest absolute Gasteiger partial charge is 0.387 e. The second kappa shape index (κ2) is 7.71. The Labute approximate surface area is 154 Å². The van der Waals surface area contributed by atoms with Gasteiger partial charge in [-0.2, -0.15) is 13.2 Å². The molecule has 0 aliphatic carbocycles. The maximum atomic E-state index is 13.2. The highest BCUT2D eigenvalue weighted by molar-refractivity contribution is 5.57. The molecule has 3 aromatic rings. The molecule has 5 nitrogen and oxygen atoms in total. The van der Waals surface area contributed by atoms with E-state index >= 15 is 0 Å². The van der Waals surface area contributed by atoms with Crippen LogP contribution in [0.3, 0.4) is 0 Å². The summed E-state index contributed by atoms with van der Waals surface area (Å²) >= 11 is 0. The van der Waals surface area contributed by atoms with Crippen molar-refractivity contribution in [1.29, 1.82) is 0 Å². The normalized spacial score (nSPS) is 12.6. The van der Waals surface area contributed by atoms with Gasteiger partial charge in [0.1, 0.15) is 5.82 Å². The summed E-state index contributed by atoms with van der Waals surface area (Å²) in [7, 11) is 0. The van der Waals surface area contributed by atoms with Crippen molar-refractivity contribution in [3.05, 3.63) is 71.7 Å². The number of aliphatic hydroxyl groups is 1. The van der Waals surface area contributed by atoms with Gasteiger partial charge in [-0.25, -0.2) is 9.97 Å². The molecule has 0 radical (unpaired) electrons. The van der Waals surface area contributed by atoms with Crippen LogP contribution in [-0.2, 0) is 6.18 Å². The number of hydrogen-bond acceptors (Lipinski definition) is 5. The first kappa shape index (κ1) is 18.8. The first-order valence-electron chi connectivity index (χ1n) is 8.18. The largest absolute Gasteiger partial charge is 0.433 e. The van der Waals surface area contributed by atoms with Gasteiger partial charge < -0.3 is 10.4 Å². The molecule has 0 aliphatic rings. The van der Waals surface area contributed by atoms with Crippen molar-refractivity contribution in [2.45, 2.75) is 19.2 Å². The fourth-order valence-electron chi connectivity index (χ4n) is 2.51. The summed E-state index contributed by atoms with van der Waals surface area (Å²) < 4.78 is 39.6. The zero-order chi connectivity index (χ0) is 19.4. The molecule has 27 heavy (non-hydrogen) atoms. The van der Waals surface area contributed by atoms with Gasteiger partial charge in [0.05, 0.1) is 6.10 Å². The number of pyridine rings is 1. The van der Waals surface area contributed by atoms with Crippen LogP contribution in [0.4, 0.5) is 19.0 Å². The van der Waals surface area contributed by atoms with E-state index < -0.39 is 18.0 Å². The third kappa shape index (κ3) is 4.79. The van der Waals surface area contributed by atoms with Crippen LogP contribution < -0.4 is 5.32 Å². The molecule has 1 unspecified atom stereocenters. The predicted octanol–water partition coefficient (Wildman–Crippen LogP) is 4.01. The number of halogens is 3. The van der Waals surface area contributed by atoms with E-state index in [-0.39, 0.29) is 18.2 Å². The first-order chi connectivity index (χ1) is 12.8. The number of nitrogens with one attached hydrogen (secondary N) is 1. The molecule has 140 valence electrons. The molecule has 0 fully saturated rings. The Morgan fingerprint density at radius 2 is 1.81 bits per heavy atom. The van der Waals surface area contributed by atoms with Crippen LogP contribution in [0.5, 0.6) is 0 Å². The molecule has 3 rings (SSSR count). The molecule has 2 aromatic heterocycles. The summed E-state index contributed by atoms with van der Waals surface area (Å²) in [5, 5.41) is 13.1. The zero-order valence-electron chi connectivity index (χ0n) is 14.4. The number of aliphatic hydroxyl groups excluding tert-OH is 1. The Kier molecular flexibility index (Phi) is 5.36. The minimum Gasteiger partial charge on any atom is -0.387 e. The maximum Gasteiger partial charge on any atom is 0.433 e. The molecular formula is C19H17F3N4O. The van der Waals surface area contributed by atoms with E-state index in [0.29, 0.717) is 11.1 Å². The van der Waals surface area contributed by atoms with Crippen LogP contribution in [0, 0.1) is 6.92 Å². The average Bonchev–Trinajstić information content (AvgIpc) is 2.66. The summed E-state index contributed by atoms with van der Waals surface area (Å²) in [6.45, 7) is 1.90. The number of alkyl halides is 3. The molecule has 2 heterocycles. The number of benzene rings is 1. The number of aromatic nitrogens is 3. The molecule has 0 amide bonds. The molecule has 1 atom stereocenters. The van der Waals surface area contributed by atoms with Crippen molar-refractivity contribution in [1.82, 2.24) is 15.0 Å². The van der Waals surface area contributed by atoms with E-state index in [1.54, 1.807) is 6.07 Å². The number of rotatable bonds is 5. The molecule has 8 heteroatoms. The lowest BCUT2D eigenvalue weighted by molar-refractivity contribution is -0.141. The lowest BCUT2D eigenvalue weighted by Crippen LogP contribution is -2.16. The SMILES string of the molecule is Cc1cccc(C(O)CNc2cc(C(F)(F)F)nc(-c3ccncc3)n2)c1. The summed E-state index contributed by atoms with van der Waals surface area (Å²) in [5.74, 6) is -0.0874. The first-order valence-corrected chi connectivity index (χ1v) is 8.18. The molecule has 0 saturated carbocycles. The third-order valence-corrected chi connectivity index (χ3v) is 3.86. The van der Waals surface area contributed by atoms with Gasteiger partial charge in [0, 0.05) is 30.6 Å². The van der Waals surface area contributed by atoms with E-state index in [2.05, 4.69) is 20.3 Å². The van der Waals surface area contributed by atoms with Crippen molar-refractivity contribution in [2.75, 3.05) is 11.9 Å². The van der Waals surface area contributed by atoms with Gasteiger partial charge in [0.2, 0.25) is 0 Å². The predicted molar refractivity (Wildman–Crippen MR) is 94.9 cm³/mol. The molecule has 0 bridgehead atoms. The summed E-state index contributed by atoms with van der Waals surface area (Å²) in [5.41, 5.74) is 1.00. The minimum absolute atomic E-state index is 0.00749. The minimum atomic E-state index is -4.61. The van der Waals surface area contributed by atoms with Crippen LogP contribution in [0.15, 0.2) is 54.9 Å². The van der Waals surface area contributed by atoms with Gasteiger partial charge in [-0.1, -0.05) is 29.8 Å². The van der Waals surface area contributed by atoms with Gasteiger partial charge in [-0.3, -0.25) is 4.98 Å². The van der Waals surface area contributed by atoms with Crippen LogP contribution in [0.2, 0.25) is 0 Å². The monoisotopic (exact) mass is 374 g/mol. The van der Waals surface area contributed by atoms with Crippen LogP contribution in [0.1, 0.15) is 22.9 Å². The van der Waals surface area contributed by atoms with Crippen molar-refractivity contribution in [2.24, 2.45) is 0 Å². The summed E-state index contributed by atoms with van der Waals surface area (Å²) in [4.78, 5) is 11.6. The Bertz CT molecular complexity index is 916. The van der Waals surface area contributed by atoms with E-state index in [9.17, 15) is 18.3 Å². The molecule has 0 spiro atoms. The molecule has 2 N–H and O–H groups in total.